The first-order valence-corrected chi connectivity index (χ1v) is 7.22. The molecule has 1 aliphatic rings. The van der Waals surface area contributed by atoms with E-state index in [2.05, 4.69) is 10.3 Å². The summed E-state index contributed by atoms with van der Waals surface area (Å²) >= 11 is 6.08. The van der Waals surface area contributed by atoms with Gasteiger partial charge in [0, 0.05) is 26.3 Å². The van der Waals surface area contributed by atoms with Gasteiger partial charge in [-0.25, -0.2) is 4.98 Å². The predicted molar refractivity (Wildman–Crippen MR) is 77.8 cm³/mol. The molecule has 1 aromatic rings. The zero-order valence-electron chi connectivity index (χ0n) is 11.3. The molecule has 1 fully saturated rings. The third-order valence-corrected chi connectivity index (χ3v) is 3.76. The van der Waals surface area contributed by atoms with Crippen molar-refractivity contribution >= 4 is 23.3 Å². The van der Waals surface area contributed by atoms with Crippen LogP contribution in [-0.2, 0) is 0 Å². The van der Waals surface area contributed by atoms with Crippen molar-refractivity contribution in [3.63, 3.8) is 0 Å². The fourth-order valence-corrected chi connectivity index (χ4v) is 2.63. The van der Waals surface area contributed by atoms with E-state index < -0.39 is 0 Å². The van der Waals surface area contributed by atoms with Gasteiger partial charge in [-0.15, -0.1) is 0 Å². The zero-order valence-corrected chi connectivity index (χ0v) is 12.0. The molecule has 0 atom stereocenters. The molecule has 5 heteroatoms. The molecule has 104 valence electrons. The van der Waals surface area contributed by atoms with E-state index in [0.717, 1.165) is 25.9 Å². The standard InChI is InChI=1S/C14H20ClN3O/c1-16-13-12(15)9-11(10-17-13)14(19)18-7-5-3-2-4-6-8-18/h9-10H,2-8H2,1H3,(H,16,17). The molecule has 0 unspecified atom stereocenters. The molecule has 2 heterocycles. The van der Waals surface area contributed by atoms with E-state index in [-0.39, 0.29) is 5.91 Å². The zero-order chi connectivity index (χ0) is 13.7. The summed E-state index contributed by atoms with van der Waals surface area (Å²) in [5.74, 6) is 0.643. The maximum absolute atomic E-state index is 12.4. The molecule has 1 aliphatic heterocycles. The molecule has 1 N–H and O–H groups in total. The summed E-state index contributed by atoms with van der Waals surface area (Å²) in [6.45, 7) is 1.68. The minimum Gasteiger partial charge on any atom is -0.372 e. The number of nitrogens with zero attached hydrogens (tertiary/aromatic N) is 2. The van der Waals surface area contributed by atoms with Crippen LogP contribution in [0, 0.1) is 0 Å². The SMILES string of the molecule is CNc1ncc(C(=O)N2CCCCCCC2)cc1Cl. The lowest BCUT2D eigenvalue weighted by Gasteiger charge is -2.24. The van der Waals surface area contributed by atoms with Crippen LogP contribution in [0.5, 0.6) is 0 Å². The largest absolute Gasteiger partial charge is 0.372 e. The first-order chi connectivity index (χ1) is 9.22. The minimum absolute atomic E-state index is 0.0407. The van der Waals surface area contributed by atoms with Crippen LogP contribution in [-0.4, -0.2) is 35.9 Å². The van der Waals surface area contributed by atoms with E-state index in [9.17, 15) is 4.79 Å². The van der Waals surface area contributed by atoms with Crippen LogP contribution < -0.4 is 5.32 Å². The number of amides is 1. The highest BCUT2D eigenvalue weighted by Crippen LogP contribution is 2.21. The second kappa shape index (κ2) is 6.75. The summed E-state index contributed by atoms with van der Waals surface area (Å²) in [6, 6.07) is 1.70. The summed E-state index contributed by atoms with van der Waals surface area (Å²) < 4.78 is 0. The van der Waals surface area contributed by atoms with E-state index in [1.54, 1.807) is 19.3 Å². The van der Waals surface area contributed by atoms with Gasteiger partial charge in [0.05, 0.1) is 10.6 Å². The number of aromatic nitrogens is 1. The number of hydrogen-bond acceptors (Lipinski definition) is 3. The predicted octanol–water partition coefficient (Wildman–Crippen LogP) is 3.18. The summed E-state index contributed by atoms with van der Waals surface area (Å²) in [5.41, 5.74) is 0.574. The Kier molecular flexibility index (Phi) is 5.02. The van der Waals surface area contributed by atoms with Crippen molar-refractivity contribution in [3.05, 3.63) is 22.8 Å². The maximum Gasteiger partial charge on any atom is 0.255 e. The van der Waals surface area contributed by atoms with Crippen LogP contribution in [0.2, 0.25) is 5.02 Å². The highest BCUT2D eigenvalue weighted by atomic mass is 35.5. The molecule has 4 nitrogen and oxygen atoms in total. The van der Waals surface area contributed by atoms with Gasteiger partial charge in [0.2, 0.25) is 0 Å². The average Bonchev–Trinajstić information content (AvgIpc) is 2.37. The lowest BCUT2D eigenvalue weighted by molar-refractivity contribution is 0.0742. The number of carbonyl (C=O) groups is 1. The Morgan fingerprint density at radius 2 is 1.89 bits per heavy atom. The van der Waals surface area contributed by atoms with Crippen LogP contribution >= 0.6 is 11.6 Å². The van der Waals surface area contributed by atoms with Crippen molar-refractivity contribution < 1.29 is 4.79 Å². The van der Waals surface area contributed by atoms with Gasteiger partial charge >= 0.3 is 0 Å². The maximum atomic E-state index is 12.4. The third kappa shape index (κ3) is 3.60. The van der Waals surface area contributed by atoms with Gasteiger partial charge in [-0.05, 0) is 18.9 Å². The van der Waals surface area contributed by atoms with Crippen molar-refractivity contribution in [3.8, 4) is 0 Å². The van der Waals surface area contributed by atoms with Crippen LogP contribution in [0.25, 0.3) is 0 Å². The van der Waals surface area contributed by atoms with E-state index >= 15 is 0 Å². The molecule has 0 bridgehead atoms. The van der Waals surface area contributed by atoms with Gasteiger partial charge in [0.25, 0.3) is 5.91 Å². The Morgan fingerprint density at radius 1 is 1.26 bits per heavy atom. The van der Waals surface area contributed by atoms with E-state index in [1.165, 1.54) is 19.3 Å². The van der Waals surface area contributed by atoms with E-state index in [4.69, 9.17) is 11.6 Å². The fraction of sp³-hybridized carbons (Fsp3) is 0.571. The van der Waals surface area contributed by atoms with E-state index in [1.807, 2.05) is 4.90 Å². The number of pyridine rings is 1. The Bertz CT molecular complexity index is 442. The van der Waals surface area contributed by atoms with Gasteiger partial charge in [0.15, 0.2) is 0 Å². The van der Waals surface area contributed by atoms with Crippen LogP contribution in [0.3, 0.4) is 0 Å². The Hall–Kier alpha value is -1.29. The van der Waals surface area contributed by atoms with Crippen LogP contribution in [0.15, 0.2) is 12.3 Å². The molecule has 0 spiro atoms. The van der Waals surface area contributed by atoms with E-state index in [0.29, 0.717) is 16.4 Å². The number of anilines is 1. The highest BCUT2D eigenvalue weighted by molar-refractivity contribution is 6.33. The van der Waals surface area contributed by atoms with Crippen molar-refractivity contribution in [1.82, 2.24) is 9.88 Å². The van der Waals surface area contributed by atoms with Gasteiger partial charge < -0.3 is 10.2 Å². The molecule has 0 aromatic carbocycles. The Labute approximate surface area is 119 Å². The van der Waals surface area contributed by atoms with Crippen LogP contribution in [0.4, 0.5) is 5.82 Å². The highest BCUT2D eigenvalue weighted by Gasteiger charge is 2.18. The second-order valence-corrected chi connectivity index (χ2v) is 5.27. The van der Waals surface area contributed by atoms with Crippen molar-refractivity contribution in [2.45, 2.75) is 32.1 Å². The molecular formula is C14H20ClN3O. The number of likely N-dealkylation sites (tertiary alicyclic amines) is 1. The summed E-state index contributed by atoms with van der Waals surface area (Å²) in [7, 11) is 1.76. The Balaban J connectivity index is 2.11. The quantitative estimate of drug-likeness (QED) is 0.905. The number of carbonyl (C=O) groups excluding carboxylic acids is 1. The average molecular weight is 282 g/mol. The number of halogens is 1. The molecule has 2 rings (SSSR count). The van der Waals surface area contributed by atoms with Gasteiger partial charge in [-0.3, -0.25) is 4.79 Å². The topological polar surface area (TPSA) is 45.2 Å². The summed E-state index contributed by atoms with van der Waals surface area (Å²) in [5, 5.41) is 3.38. The number of hydrogen-bond donors (Lipinski definition) is 1. The van der Waals surface area contributed by atoms with Gasteiger partial charge in [-0.2, -0.15) is 0 Å². The molecule has 0 radical (unpaired) electrons. The number of nitrogens with one attached hydrogen (secondary N) is 1. The molecule has 19 heavy (non-hydrogen) atoms. The minimum atomic E-state index is 0.0407. The molecule has 1 amide bonds. The molecule has 1 saturated heterocycles. The second-order valence-electron chi connectivity index (χ2n) is 4.86. The first-order valence-electron chi connectivity index (χ1n) is 6.85. The lowest BCUT2D eigenvalue weighted by Crippen LogP contribution is -2.33. The van der Waals surface area contributed by atoms with Crippen LogP contribution in [0.1, 0.15) is 42.5 Å². The summed E-state index contributed by atoms with van der Waals surface area (Å²) in [4.78, 5) is 18.5. The third-order valence-electron chi connectivity index (χ3n) is 3.47. The lowest BCUT2D eigenvalue weighted by atomic mass is 10.1. The molecule has 1 aromatic heterocycles. The molecule has 0 aliphatic carbocycles. The fourth-order valence-electron chi connectivity index (χ4n) is 2.37. The van der Waals surface area contributed by atoms with Crippen molar-refractivity contribution in [1.29, 1.82) is 0 Å². The molecular weight excluding hydrogens is 262 g/mol. The normalized spacial score (nSPS) is 16.6. The summed E-state index contributed by atoms with van der Waals surface area (Å²) in [6.07, 6.45) is 7.47. The first kappa shape index (κ1) is 14.1. The van der Waals surface area contributed by atoms with Gasteiger partial charge in [-0.1, -0.05) is 30.9 Å². The van der Waals surface area contributed by atoms with Gasteiger partial charge in [0.1, 0.15) is 5.82 Å². The monoisotopic (exact) mass is 281 g/mol. The van der Waals surface area contributed by atoms with Crippen molar-refractivity contribution in [2.75, 3.05) is 25.5 Å². The number of rotatable bonds is 2. The van der Waals surface area contributed by atoms with Crippen molar-refractivity contribution in [2.24, 2.45) is 0 Å². The smallest absolute Gasteiger partial charge is 0.255 e. The molecule has 0 saturated carbocycles. The Morgan fingerprint density at radius 3 is 2.47 bits per heavy atom.